The first kappa shape index (κ1) is 19.5. The molecule has 5 heteroatoms. The molecule has 0 fully saturated rings. The van der Waals surface area contributed by atoms with Gasteiger partial charge in [-0.05, 0) is 78.7 Å². The molecule has 3 aromatic heterocycles. The Morgan fingerprint density at radius 1 is 1.00 bits per heavy atom. The van der Waals surface area contributed by atoms with Crippen LogP contribution in [0.1, 0.15) is 33.9 Å². The molecule has 5 nitrogen and oxygen atoms in total. The molecule has 0 atom stereocenters. The van der Waals surface area contributed by atoms with E-state index in [2.05, 4.69) is 51.0 Å². The van der Waals surface area contributed by atoms with Gasteiger partial charge in [-0.1, -0.05) is 18.2 Å². The number of ether oxygens (including phenoxy) is 1. The molecule has 0 aliphatic rings. The number of H-pyrrole nitrogens is 1. The molecule has 4 aromatic rings. The number of aryl methyl sites for hydroxylation is 2. The summed E-state index contributed by atoms with van der Waals surface area (Å²) in [5.74, 6) is 0.836. The second-order valence-electron chi connectivity index (χ2n) is 7.09. The van der Waals surface area contributed by atoms with Crippen molar-refractivity contribution in [2.45, 2.75) is 13.5 Å². The van der Waals surface area contributed by atoms with Crippen LogP contribution in [0.5, 0.6) is 5.75 Å². The number of pyridine rings is 1. The molecule has 1 N–H and O–H groups in total. The van der Waals surface area contributed by atoms with Crippen molar-refractivity contribution in [3.05, 3.63) is 101 Å². The lowest BCUT2D eigenvalue weighted by molar-refractivity contribution is 0.301. The van der Waals surface area contributed by atoms with E-state index in [-0.39, 0.29) is 0 Å². The summed E-state index contributed by atoms with van der Waals surface area (Å²) in [6, 6.07) is 18.0. The number of nitrogens with zero attached hydrogens (tertiary/aromatic N) is 3. The highest BCUT2D eigenvalue weighted by Gasteiger charge is 2.01. The Balaban J connectivity index is 1.38. The molecule has 0 saturated carbocycles. The lowest BCUT2D eigenvalue weighted by Crippen LogP contribution is -1.97. The van der Waals surface area contributed by atoms with E-state index in [0.29, 0.717) is 6.61 Å². The highest BCUT2D eigenvalue weighted by molar-refractivity contribution is 5.72. The Bertz CT molecular complexity index is 1170. The van der Waals surface area contributed by atoms with Gasteiger partial charge in [-0.15, -0.1) is 0 Å². The lowest BCUT2D eigenvalue weighted by Gasteiger charge is -2.08. The first-order valence-electron chi connectivity index (χ1n) is 9.84. The summed E-state index contributed by atoms with van der Waals surface area (Å²) in [7, 11) is 2.03. The summed E-state index contributed by atoms with van der Waals surface area (Å²) in [4.78, 5) is 4.28. The predicted molar refractivity (Wildman–Crippen MR) is 122 cm³/mol. The minimum atomic E-state index is 0.460. The van der Waals surface area contributed by atoms with Gasteiger partial charge in [0.2, 0.25) is 0 Å². The first-order chi connectivity index (χ1) is 14.7. The van der Waals surface area contributed by atoms with Crippen molar-refractivity contribution in [2.75, 3.05) is 0 Å². The maximum absolute atomic E-state index is 5.85. The lowest BCUT2D eigenvalue weighted by atomic mass is 10.1. The fraction of sp³-hybridized carbons (Fsp3) is 0.120. The van der Waals surface area contributed by atoms with Crippen LogP contribution in [-0.2, 0) is 13.7 Å². The van der Waals surface area contributed by atoms with Crippen LogP contribution in [0.15, 0.2) is 67.0 Å². The second-order valence-corrected chi connectivity index (χ2v) is 7.09. The number of benzene rings is 1. The van der Waals surface area contributed by atoms with Crippen molar-refractivity contribution in [3.8, 4) is 5.75 Å². The molecule has 0 radical (unpaired) electrons. The molecule has 0 saturated heterocycles. The van der Waals surface area contributed by atoms with Crippen LogP contribution in [-0.4, -0.2) is 19.7 Å². The number of aromatic nitrogens is 4. The normalized spacial score (nSPS) is 11.5. The molecule has 1 aromatic carbocycles. The molecule has 0 aliphatic carbocycles. The number of aromatic amines is 1. The molecule has 0 bridgehead atoms. The zero-order valence-corrected chi connectivity index (χ0v) is 17.1. The van der Waals surface area contributed by atoms with Gasteiger partial charge in [0.1, 0.15) is 12.4 Å². The molecule has 30 heavy (non-hydrogen) atoms. The number of hydrogen-bond acceptors (Lipinski definition) is 3. The average Bonchev–Trinajstić information content (AvgIpc) is 3.39. The van der Waals surface area contributed by atoms with Crippen molar-refractivity contribution >= 4 is 24.3 Å². The van der Waals surface area contributed by atoms with Gasteiger partial charge in [-0.25, -0.2) is 0 Å². The summed E-state index contributed by atoms with van der Waals surface area (Å²) in [6.45, 7) is 2.54. The third kappa shape index (κ3) is 4.94. The quantitative estimate of drug-likeness (QED) is 0.457. The van der Waals surface area contributed by atoms with Gasteiger partial charge in [0.15, 0.2) is 0 Å². The maximum Gasteiger partial charge on any atom is 0.130 e. The summed E-state index contributed by atoms with van der Waals surface area (Å²) >= 11 is 0. The monoisotopic (exact) mass is 396 g/mol. The zero-order valence-electron chi connectivity index (χ0n) is 17.1. The van der Waals surface area contributed by atoms with E-state index in [1.807, 2.05) is 67.9 Å². The van der Waals surface area contributed by atoms with Crippen molar-refractivity contribution < 1.29 is 4.74 Å². The molecular formula is C25H24N4O. The standard InChI is InChI=1S/C25H24N4O/c1-19-16-25(30-18-23-6-3-4-14-26-23)13-9-20(19)8-10-21-17-22(28-27-21)11-12-24-7-5-15-29(24)2/h3-17H,18H2,1-2H3,(H,27,28)/b10-8+,12-11+. The van der Waals surface area contributed by atoms with E-state index in [0.717, 1.165) is 39.7 Å². The van der Waals surface area contributed by atoms with Gasteiger partial charge in [0.25, 0.3) is 0 Å². The minimum absolute atomic E-state index is 0.460. The summed E-state index contributed by atoms with van der Waals surface area (Å²) in [6.07, 6.45) is 12.0. The molecule has 4 rings (SSSR count). The van der Waals surface area contributed by atoms with E-state index in [4.69, 9.17) is 4.74 Å². The topological polar surface area (TPSA) is 55.7 Å². The highest BCUT2D eigenvalue weighted by Crippen LogP contribution is 2.20. The van der Waals surface area contributed by atoms with E-state index < -0.39 is 0 Å². The van der Waals surface area contributed by atoms with Crippen molar-refractivity contribution in [2.24, 2.45) is 7.05 Å². The molecule has 0 unspecified atom stereocenters. The van der Waals surface area contributed by atoms with Crippen molar-refractivity contribution in [3.63, 3.8) is 0 Å². The fourth-order valence-corrected chi connectivity index (χ4v) is 3.09. The molecular weight excluding hydrogens is 372 g/mol. The Morgan fingerprint density at radius 3 is 2.70 bits per heavy atom. The van der Waals surface area contributed by atoms with Crippen LogP contribution in [0.4, 0.5) is 0 Å². The summed E-state index contributed by atoms with van der Waals surface area (Å²) in [5, 5.41) is 7.42. The Kier molecular flexibility index (Phi) is 5.90. The smallest absolute Gasteiger partial charge is 0.130 e. The van der Waals surface area contributed by atoms with E-state index in [9.17, 15) is 0 Å². The molecule has 0 aliphatic heterocycles. The fourth-order valence-electron chi connectivity index (χ4n) is 3.09. The molecule has 0 amide bonds. The molecule has 0 spiro atoms. The van der Waals surface area contributed by atoms with Gasteiger partial charge in [-0.2, -0.15) is 5.10 Å². The van der Waals surface area contributed by atoms with Crippen LogP contribution in [0.2, 0.25) is 0 Å². The maximum atomic E-state index is 5.85. The van der Waals surface area contributed by atoms with Crippen LogP contribution in [0.25, 0.3) is 24.3 Å². The third-order valence-corrected chi connectivity index (χ3v) is 4.82. The van der Waals surface area contributed by atoms with Crippen LogP contribution >= 0.6 is 0 Å². The minimum Gasteiger partial charge on any atom is -0.487 e. The summed E-state index contributed by atoms with van der Waals surface area (Å²) < 4.78 is 7.92. The van der Waals surface area contributed by atoms with Crippen LogP contribution in [0, 0.1) is 6.92 Å². The zero-order chi connectivity index (χ0) is 20.8. The second kappa shape index (κ2) is 9.09. The first-order valence-corrected chi connectivity index (χ1v) is 9.84. The van der Waals surface area contributed by atoms with Crippen molar-refractivity contribution in [1.82, 2.24) is 19.7 Å². The largest absolute Gasteiger partial charge is 0.487 e. The Hall–Kier alpha value is -3.86. The molecule has 150 valence electrons. The van der Waals surface area contributed by atoms with Crippen molar-refractivity contribution in [1.29, 1.82) is 0 Å². The van der Waals surface area contributed by atoms with Crippen LogP contribution in [0.3, 0.4) is 0 Å². The SMILES string of the molecule is Cc1cc(OCc2ccccn2)ccc1/C=C/c1cc(/C=C/c2cccn2C)[nH]n1. The van der Waals surface area contributed by atoms with Gasteiger partial charge < -0.3 is 9.30 Å². The average molecular weight is 396 g/mol. The van der Waals surface area contributed by atoms with Gasteiger partial charge >= 0.3 is 0 Å². The third-order valence-electron chi connectivity index (χ3n) is 4.82. The van der Waals surface area contributed by atoms with E-state index >= 15 is 0 Å². The highest BCUT2D eigenvalue weighted by atomic mass is 16.5. The number of hydrogen-bond donors (Lipinski definition) is 1. The molecule has 3 heterocycles. The predicted octanol–water partition coefficient (Wildman–Crippen LogP) is 5.37. The Morgan fingerprint density at radius 2 is 1.93 bits per heavy atom. The Labute approximate surface area is 176 Å². The number of nitrogens with one attached hydrogen (secondary N) is 1. The van der Waals surface area contributed by atoms with Gasteiger partial charge in [0.05, 0.1) is 17.1 Å². The van der Waals surface area contributed by atoms with E-state index in [1.165, 1.54) is 0 Å². The summed E-state index contributed by atoms with van der Waals surface area (Å²) in [5.41, 5.74) is 6.17. The van der Waals surface area contributed by atoms with Gasteiger partial charge in [0, 0.05) is 25.1 Å². The van der Waals surface area contributed by atoms with E-state index in [1.54, 1.807) is 6.20 Å². The van der Waals surface area contributed by atoms with Gasteiger partial charge in [-0.3, -0.25) is 10.1 Å². The van der Waals surface area contributed by atoms with Crippen LogP contribution < -0.4 is 4.74 Å². The number of rotatable bonds is 7.